The number of aliphatic hydroxyl groups excluding tert-OH is 1. The number of thioether (sulfide) groups is 1. The zero-order valence-electron chi connectivity index (χ0n) is 12.1. The molecule has 2 aromatic rings. The lowest BCUT2D eigenvalue weighted by Gasteiger charge is -2.14. The number of aromatic nitrogens is 3. The van der Waals surface area contributed by atoms with Gasteiger partial charge in [-0.15, -0.1) is 10.2 Å². The molecule has 0 bridgehead atoms. The fourth-order valence-corrected chi connectivity index (χ4v) is 2.87. The molecule has 1 N–H and O–H groups in total. The molecule has 22 heavy (non-hydrogen) atoms. The number of hydrogen-bond acceptors (Lipinski definition) is 4. The Morgan fingerprint density at radius 2 is 2.05 bits per heavy atom. The maximum Gasteiger partial charge on any atom is 0.416 e. The summed E-state index contributed by atoms with van der Waals surface area (Å²) >= 11 is 1.26. The molecule has 8 heteroatoms. The average molecular weight is 331 g/mol. The minimum atomic E-state index is -4.42. The highest BCUT2D eigenvalue weighted by atomic mass is 32.2. The van der Waals surface area contributed by atoms with E-state index in [1.807, 2.05) is 18.4 Å². The van der Waals surface area contributed by atoms with Crippen molar-refractivity contribution >= 4 is 11.8 Å². The predicted octanol–water partition coefficient (Wildman–Crippen LogP) is 3.70. The van der Waals surface area contributed by atoms with Crippen molar-refractivity contribution in [3.05, 3.63) is 41.7 Å². The van der Waals surface area contributed by atoms with Crippen molar-refractivity contribution in [2.75, 3.05) is 5.75 Å². The van der Waals surface area contributed by atoms with Crippen molar-refractivity contribution < 1.29 is 18.3 Å². The van der Waals surface area contributed by atoms with Gasteiger partial charge in [-0.1, -0.05) is 23.9 Å². The zero-order chi connectivity index (χ0) is 16.3. The number of rotatable bonds is 5. The van der Waals surface area contributed by atoms with Gasteiger partial charge in [-0.2, -0.15) is 13.2 Å². The van der Waals surface area contributed by atoms with Gasteiger partial charge in [-0.3, -0.25) is 0 Å². The Kier molecular flexibility index (Phi) is 5.12. The molecule has 1 atom stereocenters. The van der Waals surface area contributed by atoms with Gasteiger partial charge in [-0.25, -0.2) is 0 Å². The molecule has 1 unspecified atom stereocenters. The monoisotopic (exact) mass is 331 g/mol. The lowest BCUT2D eigenvalue weighted by molar-refractivity contribution is -0.137. The molecular weight excluding hydrogens is 315 g/mol. The Hall–Kier alpha value is -1.54. The maximum absolute atomic E-state index is 12.7. The summed E-state index contributed by atoms with van der Waals surface area (Å²) in [5.74, 6) is 0.201. The van der Waals surface area contributed by atoms with Crippen LogP contribution in [-0.4, -0.2) is 25.6 Å². The zero-order valence-corrected chi connectivity index (χ0v) is 12.9. The summed E-state index contributed by atoms with van der Waals surface area (Å²) in [4.78, 5) is 0. The van der Waals surface area contributed by atoms with Crippen molar-refractivity contribution in [2.45, 2.75) is 37.3 Å². The molecule has 1 aromatic heterocycles. The van der Waals surface area contributed by atoms with E-state index in [0.717, 1.165) is 12.1 Å². The van der Waals surface area contributed by atoms with E-state index in [9.17, 15) is 18.3 Å². The van der Waals surface area contributed by atoms with Crippen LogP contribution in [-0.2, 0) is 6.18 Å². The summed E-state index contributed by atoms with van der Waals surface area (Å²) in [6.07, 6.45) is -3.84. The molecule has 1 heterocycles. The Morgan fingerprint density at radius 1 is 1.32 bits per heavy atom. The van der Waals surface area contributed by atoms with Crippen LogP contribution < -0.4 is 0 Å². The quantitative estimate of drug-likeness (QED) is 0.849. The fourth-order valence-electron chi connectivity index (χ4n) is 1.86. The second kappa shape index (κ2) is 6.70. The number of hydrogen-bond donors (Lipinski definition) is 1. The fraction of sp³-hybridized carbons (Fsp3) is 0.429. The molecule has 0 saturated heterocycles. The largest absolute Gasteiger partial charge is 0.416 e. The number of halogens is 3. The molecule has 0 spiro atoms. The first-order valence-electron chi connectivity index (χ1n) is 6.66. The number of aliphatic hydroxyl groups is 1. The van der Waals surface area contributed by atoms with E-state index in [2.05, 4.69) is 10.2 Å². The van der Waals surface area contributed by atoms with Crippen LogP contribution >= 0.6 is 11.8 Å². The van der Waals surface area contributed by atoms with Crippen LogP contribution in [0.5, 0.6) is 0 Å². The van der Waals surface area contributed by atoms with Gasteiger partial charge in [0.05, 0.1) is 11.7 Å². The van der Waals surface area contributed by atoms with E-state index in [0.29, 0.717) is 5.16 Å². The Bertz CT molecular complexity index is 628. The molecule has 0 aliphatic rings. The third kappa shape index (κ3) is 4.01. The summed E-state index contributed by atoms with van der Waals surface area (Å²) in [5, 5.41) is 18.5. The average Bonchev–Trinajstić information content (AvgIpc) is 2.92. The number of benzene rings is 1. The van der Waals surface area contributed by atoms with Crippen LogP contribution in [0.2, 0.25) is 0 Å². The van der Waals surface area contributed by atoms with E-state index in [-0.39, 0.29) is 17.4 Å². The van der Waals surface area contributed by atoms with E-state index in [4.69, 9.17) is 0 Å². The molecule has 120 valence electrons. The predicted molar refractivity (Wildman–Crippen MR) is 77.5 cm³/mol. The summed E-state index contributed by atoms with van der Waals surface area (Å²) in [6, 6.07) is 4.90. The van der Waals surface area contributed by atoms with Crippen LogP contribution in [0.4, 0.5) is 13.2 Å². The van der Waals surface area contributed by atoms with Crippen LogP contribution in [0.15, 0.2) is 35.7 Å². The second-order valence-corrected chi connectivity index (χ2v) is 6.05. The van der Waals surface area contributed by atoms with Gasteiger partial charge < -0.3 is 9.67 Å². The van der Waals surface area contributed by atoms with Gasteiger partial charge in [0.1, 0.15) is 6.33 Å². The van der Waals surface area contributed by atoms with Gasteiger partial charge in [0.15, 0.2) is 5.16 Å². The maximum atomic E-state index is 12.7. The van der Waals surface area contributed by atoms with Crippen molar-refractivity contribution in [1.82, 2.24) is 14.8 Å². The molecule has 0 saturated carbocycles. The van der Waals surface area contributed by atoms with E-state index in [1.54, 1.807) is 6.33 Å². The third-order valence-corrected chi connectivity index (χ3v) is 4.10. The van der Waals surface area contributed by atoms with Gasteiger partial charge in [0, 0.05) is 11.8 Å². The first-order chi connectivity index (χ1) is 10.3. The van der Waals surface area contributed by atoms with Crippen molar-refractivity contribution in [2.24, 2.45) is 0 Å². The summed E-state index contributed by atoms with van der Waals surface area (Å²) in [7, 11) is 0. The normalized spacial score (nSPS) is 13.6. The van der Waals surface area contributed by atoms with Crippen molar-refractivity contribution in [1.29, 1.82) is 0 Å². The Morgan fingerprint density at radius 3 is 2.68 bits per heavy atom. The summed E-state index contributed by atoms with van der Waals surface area (Å²) < 4.78 is 39.9. The van der Waals surface area contributed by atoms with Gasteiger partial charge >= 0.3 is 6.18 Å². The van der Waals surface area contributed by atoms with Crippen molar-refractivity contribution in [3.63, 3.8) is 0 Å². The first-order valence-corrected chi connectivity index (χ1v) is 7.65. The number of nitrogens with zero attached hydrogens (tertiary/aromatic N) is 3. The standard InChI is InChI=1S/C14H16F3N3OS/c1-9(2)20-8-18-19-13(20)22-7-12(21)10-4-3-5-11(6-10)14(15,16)17/h3-6,8-9,12,21H,7H2,1-2H3. The lowest BCUT2D eigenvalue weighted by atomic mass is 10.1. The van der Waals surface area contributed by atoms with Crippen LogP contribution in [0.1, 0.15) is 37.1 Å². The highest BCUT2D eigenvalue weighted by molar-refractivity contribution is 7.99. The Balaban J connectivity index is 2.06. The Labute approximate surface area is 130 Å². The van der Waals surface area contributed by atoms with Crippen LogP contribution in [0.25, 0.3) is 0 Å². The minimum absolute atomic E-state index is 0.170. The van der Waals surface area contributed by atoms with Gasteiger partial charge in [-0.05, 0) is 31.5 Å². The molecule has 0 radical (unpaired) electrons. The number of alkyl halides is 3. The van der Waals surface area contributed by atoms with Crippen LogP contribution in [0.3, 0.4) is 0 Å². The molecule has 0 aliphatic carbocycles. The summed E-state index contributed by atoms with van der Waals surface area (Å²) in [5.41, 5.74) is -0.530. The highest BCUT2D eigenvalue weighted by Gasteiger charge is 2.30. The molecule has 4 nitrogen and oxygen atoms in total. The van der Waals surface area contributed by atoms with E-state index >= 15 is 0 Å². The minimum Gasteiger partial charge on any atom is -0.388 e. The SMILES string of the molecule is CC(C)n1cnnc1SCC(O)c1cccc(C(F)(F)F)c1. The molecule has 0 aliphatic heterocycles. The molecule has 0 amide bonds. The highest BCUT2D eigenvalue weighted by Crippen LogP contribution is 2.32. The molecule has 2 rings (SSSR count). The van der Waals surface area contributed by atoms with Crippen molar-refractivity contribution in [3.8, 4) is 0 Å². The van der Waals surface area contributed by atoms with E-state index < -0.39 is 17.8 Å². The third-order valence-electron chi connectivity index (χ3n) is 3.07. The topological polar surface area (TPSA) is 50.9 Å². The second-order valence-electron chi connectivity index (χ2n) is 5.06. The van der Waals surface area contributed by atoms with Gasteiger partial charge in [0.25, 0.3) is 0 Å². The lowest BCUT2D eigenvalue weighted by Crippen LogP contribution is -2.08. The smallest absolute Gasteiger partial charge is 0.388 e. The summed E-state index contributed by atoms with van der Waals surface area (Å²) in [6.45, 7) is 3.94. The molecule has 0 fully saturated rings. The van der Waals surface area contributed by atoms with E-state index in [1.165, 1.54) is 23.9 Å². The molecular formula is C14H16F3N3OS. The molecule has 1 aromatic carbocycles. The first kappa shape index (κ1) is 16.8. The van der Waals surface area contributed by atoms with Crippen LogP contribution in [0, 0.1) is 0 Å². The van der Waals surface area contributed by atoms with Gasteiger partial charge in [0.2, 0.25) is 0 Å².